The van der Waals surface area contributed by atoms with Gasteiger partial charge in [-0.1, -0.05) is 18.2 Å². The first-order valence-corrected chi connectivity index (χ1v) is 9.86. The topological polar surface area (TPSA) is 48.3 Å². The summed E-state index contributed by atoms with van der Waals surface area (Å²) in [6.07, 6.45) is 8.43. The smallest absolute Gasteiger partial charge is 0.124 e. The molecule has 2 atom stereocenters. The van der Waals surface area contributed by atoms with Gasteiger partial charge >= 0.3 is 0 Å². The molecule has 2 aliphatic rings. The number of nitrogens with one attached hydrogen (secondary N) is 1. The van der Waals surface area contributed by atoms with Gasteiger partial charge in [-0.15, -0.1) is 0 Å². The van der Waals surface area contributed by atoms with Crippen LogP contribution in [0.5, 0.6) is 5.75 Å². The van der Waals surface area contributed by atoms with Crippen molar-refractivity contribution in [2.75, 3.05) is 13.2 Å². The van der Waals surface area contributed by atoms with E-state index in [4.69, 9.17) is 9.47 Å². The highest BCUT2D eigenvalue weighted by Crippen LogP contribution is 2.34. The zero-order valence-electron chi connectivity index (χ0n) is 15.6. The quantitative estimate of drug-likeness (QED) is 0.824. The van der Waals surface area contributed by atoms with Crippen molar-refractivity contribution in [1.82, 2.24) is 15.1 Å². The van der Waals surface area contributed by atoms with E-state index in [1.165, 1.54) is 36.9 Å². The van der Waals surface area contributed by atoms with E-state index in [1.807, 2.05) is 17.9 Å². The number of ether oxygens (including phenoxy) is 2. The Morgan fingerprint density at radius 3 is 2.85 bits per heavy atom. The predicted octanol–water partition coefficient (Wildman–Crippen LogP) is 3.61. The van der Waals surface area contributed by atoms with Gasteiger partial charge in [0.05, 0.1) is 11.8 Å². The van der Waals surface area contributed by atoms with E-state index in [1.54, 1.807) is 0 Å². The lowest BCUT2D eigenvalue weighted by Crippen LogP contribution is -2.26. The summed E-state index contributed by atoms with van der Waals surface area (Å²) in [4.78, 5) is 0. The maximum atomic E-state index is 6.25. The summed E-state index contributed by atoms with van der Waals surface area (Å²) >= 11 is 0. The number of nitrogens with zero attached hydrogens (tertiary/aromatic N) is 2. The first-order chi connectivity index (χ1) is 12.8. The van der Waals surface area contributed by atoms with Crippen LogP contribution in [0.4, 0.5) is 0 Å². The molecule has 1 saturated heterocycles. The molecular formula is C21H29N3O2. The van der Waals surface area contributed by atoms with Crippen molar-refractivity contribution in [3.8, 4) is 5.75 Å². The highest BCUT2D eigenvalue weighted by molar-refractivity contribution is 5.33. The first-order valence-electron chi connectivity index (χ1n) is 9.86. The van der Waals surface area contributed by atoms with Crippen molar-refractivity contribution in [3.05, 3.63) is 47.8 Å². The summed E-state index contributed by atoms with van der Waals surface area (Å²) < 4.78 is 14.2. The van der Waals surface area contributed by atoms with Crippen molar-refractivity contribution in [3.63, 3.8) is 0 Å². The Hall–Kier alpha value is -1.85. The molecule has 5 nitrogen and oxygen atoms in total. The van der Waals surface area contributed by atoms with Gasteiger partial charge in [-0.25, -0.2) is 0 Å². The molecule has 140 valence electrons. The normalized spacial score (nSPS) is 23.6. The molecule has 26 heavy (non-hydrogen) atoms. The van der Waals surface area contributed by atoms with Crippen LogP contribution in [0.15, 0.2) is 36.5 Å². The van der Waals surface area contributed by atoms with Gasteiger partial charge < -0.3 is 14.8 Å². The molecule has 1 saturated carbocycles. The third-order valence-electron chi connectivity index (χ3n) is 5.65. The number of hydrogen-bond donors (Lipinski definition) is 1. The summed E-state index contributed by atoms with van der Waals surface area (Å²) in [6, 6.07) is 10.5. The summed E-state index contributed by atoms with van der Waals surface area (Å²) in [6.45, 7) is 2.59. The third kappa shape index (κ3) is 3.94. The minimum atomic E-state index is 0.139. The van der Waals surface area contributed by atoms with E-state index in [0.29, 0.717) is 12.0 Å². The molecule has 0 radical (unpaired) electrons. The molecule has 1 N–H and O–H groups in total. The zero-order valence-corrected chi connectivity index (χ0v) is 15.6. The van der Waals surface area contributed by atoms with E-state index < -0.39 is 0 Å². The molecule has 5 heteroatoms. The largest absolute Gasteiger partial charge is 0.490 e. The third-order valence-corrected chi connectivity index (χ3v) is 5.65. The summed E-state index contributed by atoms with van der Waals surface area (Å²) in [5.74, 6) is 1.52. The second-order valence-electron chi connectivity index (χ2n) is 7.48. The number of aryl methyl sites for hydroxylation is 1. The maximum Gasteiger partial charge on any atom is 0.124 e. The average molecular weight is 355 g/mol. The van der Waals surface area contributed by atoms with Crippen LogP contribution >= 0.6 is 0 Å². The lowest BCUT2D eigenvalue weighted by atomic mass is 9.99. The van der Waals surface area contributed by atoms with Crippen molar-refractivity contribution in [2.24, 2.45) is 13.0 Å². The van der Waals surface area contributed by atoms with Crippen LogP contribution in [0.2, 0.25) is 0 Å². The van der Waals surface area contributed by atoms with E-state index >= 15 is 0 Å². The van der Waals surface area contributed by atoms with Crippen molar-refractivity contribution >= 4 is 0 Å². The minimum absolute atomic E-state index is 0.139. The second kappa shape index (κ2) is 8.23. The molecule has 1 aromatic heterocycles. The second-order valence-corrected chi connectivity index (χ2v) is 7.48. The van der Waals surface area contributed by atoms with Crippen LogP contribution in [0.1, 0.15) is 49.5 Å². The molecule has 0 amide bonds. The minimum Gasteiger partial charge on any atom is -0.490 e. The summed E-state index contributed by atoms with van der Waals surface area (Å²) in [7, 11) is 1.98. The Bertz CT molecular complexity index is 709. The van der Waals surface area contributed by atoms with Crippen molar-refractivity contribution in [1.29, 1.82) is 0 Å². The van der Waals surface area contributed by atoms with Crippen LogP contribution in [-0.4, -0.2) is 29.0 Å². The fourth-order valence-corrected chi connectivity index (χ4v) is 4.18. The number of benzene rings is 1. The van der Waals surface area contributed by atoms with Gasteiger partial charge in [-0.05, 0) is 44.2 Å². The molecule has 1 aromatic carbocycles. The fraction of sp³-hybridized carbons (Fsp3) is 0.571. The highest BCUT2D eigenvalue weighted by Gasteiger charge is 2.31. The number of rotatable bonds is 7. The maximum absolute atomic E-state index is 6.25. The van der Waals surface area contributed by atoms with Crippen LogP contribution in [-0.2, 0) is 18.3 Å². The number of hydrogen-bond acceptors (Lipinski definition) is 4. The van der Waals surface area contributed by atoms with Crippen molar-refractivity contribution in [2.45, 2.75) is 50.9 Å². The van der Waals surface area contributed by atoms with Gasteiger partial charge in [-0.3, -0.25) is 4.68 Å². The molecule has 2 aromatic rings. The Balaban J connectivity index is 1.34. The zero-order chi connectivity index (χ0) is 17.8. The van der Waals surface area contributed by atoms with Gasteiger partial charge in [0.2, 0.25) is 0 Å². The Morgan fingerprint density at radius 2 is 2.04 bits per heavy atom. The van der Waals surface area contributed by atoms with Gasteiger partial charge in [-0.2, -0.15) is 5.10 Å². The Morgan fingerprint density at radius 1 is 1.19 bits per heavy atom. The molecule has 1 aliphatic heterocycles. The van der Waals surface area contributed by atoms with Crippen molar-refractivity contribution < 1.29 is 9.47 Å². The van der Waals surface area contributed by atoms with Gasteiger partial charge in [0, 0.05) is 44.4 Å². The van der Waals surface area contributed by atoms with Crippen LogP contribution < -0.4 is 10.1 Å². The molecule has 0 bridgehead atoms. The molecule has 4 rings (SSSR count). The van der Waals surface area contributed by atoms with Gasteiger partial charge in [0.25, 0.3) is 0 Å². The SMILES string of the molecule is Cn1nccc1[C@@H]1OCC[C@H]1CNCc1ccccc1OC1CCCC1. The molecule has 0 unspecified atom stereocenters. The van der Waals surface area contributed by atoms with Gasteiger partial charge in [0.1, 0.15) is 11.9 Å². The lowest BCUT2D eigenvalue weighted by Gasteiger charge is -2.20. The Labute approximate surface area is 155 Å². The number of aromatic nitrogens is 2. The van der Waals surface area contributed by atoms with Crippen LogP contribution in [0.3, 0.4) is 0 Å². The molecule has 2 fully saturated rings. The predicted molar refractivity (Wildman–Crippen MR) is 101 cm³/mol. The molecular weight excluding hydrogens is 326 g/mol. The van der Waals surface area contributed by atoms with E-state index in [0.717, 1.165) is 31.9 Å². The lowest BCUT2D eigenvalue weighted by molar-refractivity contribution is 0.0837. The summed E-state index contributed by atoms with van der Waals surface area (Å²) in [5, 5.41) is 7.91. The fourth-order valence-electron chi connectivity index (χ4n) is 4.18. The average Bonchev–Trinajstić information content (AvgIpc) is 3.39. The Kier molecular flexibility index (Phi) is 5.56. The van der Waals surface area contributed by atoms with E-state index in [2.05, 4.69) is 40.7 Å². The molecule has 1 aliphatic carbocycles. The molecule has 0 spiro atoms. The van der Waals surface area contributed by atoms with Crippen LogP contribution in [0.25, 0.3) is 0 Å². The first kappa shape index (κ1) is 17.6. The molecule has 2 heterocycles. The highest BCUT2D eigenvalue weighted by atomic mass is 16.5. The summed E-state index contributed by atoms with van der Waals surface area (Å²) in [5.41, 5.74) is 2.41. The standard InChI is InChI=1S/C21H29N3O2/c1-24-19(10-12-23-24)21-17(11-13-25-21)15-22-14-16-6-2-5-9-20(16)26-18-7-3-4-8-18/h2,5-6,9-10,12,17-18,21-22H,3-4,7-8,11,13-15H2,1H3/t17-,21+/m0/s1. The van der Waals surface area contributed by atoms with Gasteiger partial charge in [0.15, 0.2) is 0 Å². The van der Waals surface area contributed by atoms with E-state index in [-0.39, 0.29) is 6.10 Å². The van der Waals surface area contributed by atoms with Crippen LogP contribution in [0, 0.1) is 5.92 Å². The van der Waals surface area contributed by atoms with E-state index in [9.17, 15) is 0 Å². The monoisotopic (exact) mass is 355 g/mol. The number of para-hydroxylation sites is 1.